The summed E-state index contributed by atoms with van der Waals surface area (Å²) >= 11 is 1.39. The van der Waals surface area contributed by atoms with Crippen LogP contribution in [-0.2, 0) is 9.59 Å². The first-order chi connectivity index (χ1) is 14.9. The van der Waals surface area contributed by atoms with E-state index in [9.17, 15) is 14.4 Å². The number of benzene rings is 1. The van der Waals surface area contributed by atoms with Gasteiger partial charge in [0.15, 0.2) is 0 Å². The zero-order chi connectivity index (χ0) is 22.0. The molecular weight excluding hydrogens is 418 g/mol. The van der Waals surface area contributed by atoms with Crippen molar-refractivity contribution < 1.29 is 14.4 Å². The summed E-state index contributed by atoms with van der Waals surface area (Å²) in [7, 11) is 0. The van der Waals surface area contributed by atoms with Crippen LogP contribution < -0.4 is 16.0 Å². The maximum absolute atomic E-state index is 12.6. The fraction of sp³-hybridized carbons (Fsp3) is 0.100. The highest BCUT2D eigenvalue weighted by atomic mass is 32.1. The Morgan fingerprint density at radius 1 is 0.968 bits per heavy atom. The highest BCUT2D eigenvalue weighted by Gasteiger charge is 2.15. The average molecular weight is 435 g/mol. The predicted molar refractivity (Wildman–Crippen MR) is 117 cm³/mol. The predicted octanol–water partition coefficient (Wildman–Crippen LogP) is 3.02. The summed E-state index contributed by atoms with van der Waals surface area (Å²) in [4.78, 5) is 43.9. The minimum Gasteiger partial charge on any atom is -0.326 e. The number of carbonyl (C=O) groups excluding carboxylic acids is 3. The van der Waals surface area contributed by atoms with Gasteiger partial charge in [-0.2, -0.15) is 4.98 Å². The van der Waals surface area contributed by atoms with Crippen LogP contribution in [0.1, 0.15) is 24.2 Å². The SMILES string of the molecule is CC(=O)Nc1ccc(-c2csc3nc(NC(=O)c4ccnc(NC(C)=O)c4)nn23)cc1. The van der Waals surface area contributed by atoms with E-state index in [1.54, 1.807) is 16.6 Å². The molecule has 0 atom stereocenters. The summed E-state index contributed by atoms with van der Waals surface area (Å²) < 4.78 is 1.64. The number of fused-ring (bicyclic) bond motifs is 1. The van der Waals surface area contributed by atoms with Gasteiger partial charge in [-0.1, -0.05) is 12.1 Å². The minimum absolute atomic E-state index is 0.138. The van der Waals surface area contributed by atoms with Crippen LogP contribution in [0.2, 0.25) is 0 Å². The fourth-order valence-corrected chi connectivity index (χ4v) is 3.69. The molecule has 1 aromatic carbocycles. The number of hydrogen-bond acceptors (Lipinski definition) is 7. The zero-order valence-corrected chi connectivity index (χ0v) is 17.4. The lowest BCUT2D eigenvalue weighted by Gasteiger charge is -2.04. The number of rotatable bonds is 5. The summed E-state index contributed by atoms with van der Waals surface area (Å²) in [6, 6.07) is 10.3. The Morgan fingerprint density at radius 3 is 2.42 bits per heavy atom. The normalized spacial score (nSPS) is 10.6. The summed E-state index contributed by atoms with van der Waals surface area (Å²) in [5.74, 6) is -0.400. The van der Waals surface area contributed by atoms with Crippen molar-refractivity contribution >= 4 is 51.5 Å². The van der Waals surface area contributed by atoms with Gasteiger partial charge < -0.3 is 10.6 Å². The molecule has 4 aromatic rings. The highest BCUT2D eigenvalue weighted by Crippen LogP contribution is 2.27. The lowest BCUT2D eigenvalue weighted by atomic mass is 10.1. The quantitative estimate of drug-likeness (QED) is 0.442. The van der Waals surface area contributed by atoms with Gasteiger partial charge in [0.2, 0.25) is 16.8 Å². The van der Waals surface area contributed by atoms with Gasteiger partial charge in [-0.3, -0.25) is 19.7 Å². The Hall–Kier alpha value is -4.12. The molecule has 0 spiro atoms. The number of anilines is 3. The second kappa shape index (κ2) is 8.32. The lowest BCUT2D eigenvalue weighted by Crippen LogP contribution is -2.14. The smallest absolute Gasteiger partial charge is 0.258 e. The van der Waals surface area contributed by atoms with Crippen molar-refractivity contribution in [3.63, 3.8) is 0 Å². The number of thiazole rings is 1. The molecule has 0 aliphatic rings. The summed E-state index contributed by atoms with van der Waals surface area (Å²) in [5.41, 5.74) is 2.70. The van der Waals surface area contributed by atoms with Crippen molar-refractivity contribution in [3.05, 3.63) is 53.5 Å². The third kappa shape index (κ3) is 4.56. The highest BCUT2D eigenvalue weighted by molar-refractivity contribution is 7.15. The van der Waals surface area contributed by atoms with Gasteiger partial charge in [0.05, 0.1) is 5.69 Å². The molecule has 0 unspecified atom stereocenters. The van der Waals surface area contributed by atoms with E-state index in [1.807, 2.05) is 17.5 Å². The summed E-state index contributed by atoms with van der Waals surface area (Å²) in [6.45, 7) is 2.81. The van der Waals surface area contributed by atoms with Gasteiger partial charge in [0.25, 0.3) is 11.9 Å². The molecule has 4 rings (SSSR count). The van der Waals surface area contributed by atoms with Crippen molar-refractivity contribution in [3.8, 4) is 11.3 Å². The minimum atomic E-state index is -0.423. The number of nitrogens with zero attached hydrogens (tertiary/aromatic N) is 4. The van der Waals surface area contributed by atoms with Gasteiger partial charge in [-0.25, -0.2) is 9.50 Å². The van der Waals surface area contributed by atoms with Crippen LogP contribution in [-0.4, -0.2) is 37.3 Å². The van der Waals surface area contributed by atoms with E-state index < -0.39 is 5.91 Å². The first-order valence-corrected chi connectivity index (χ1v) is 10.0. The Morgan fingerprint density at radius 2 is 1.71 bits per heavy atom. The van der Waals surface area contributed by atoms with Crippen molar-refractivity contribution in [2.75, 3.05) is 16.0 Å². The number of hydrogen-bond donors (Lipinski definition) is 3. The van der Waals surface area contributed by atoms with Crippen LogP contribution in [0, 0.1) is 0 Å². The number of nitrogens with one attached hydrogen (secondary N) is 3. The molecule has 3 N–H and O–H groups in total. The van der Waals surface area contributed by atoms with E-state index >= 15 is 0 Å². The molecule has 0 saturated heterocycles. The molecule has 3 amide bonds. The molecule has 3 aromatic heterocycles. The van der Waals surface area contributed by atoms with Crippen LogP contribution in [0.15, 0.2) is 48.0 Å². The van der Waals surface area contributed by atoms with Gasteiger partial charge in [0, 0.05) is 42.2 Å². The standard InChI is InChI=1S/C20H17N7O3S/c1-11(28)22-15-5-3-13(4-6-15)16-10-31-20-25-19(26-27(16)20)24-18(30)14-7-8-21-17(9-14)23-12(2)29/h3-10H,1-2H3,(H,22,28)(H,21,23,29)(H,24,26,30). The molecule has 0 aliphatic heterocycles. The molecule has 0 bridgehead atoms. The Kier molecular flexibility index (Phi) is 5.41. The summed E-state index contributed by atoms with van der Waals surface area (Å²) in [6.07, 6.45) is 1.43. The van der Waals surface area contributed by atoms with Crippen LogP contribution in [0.25, 0.3) is 16.2 Å². The van der Waals surface area contributed by atoms with Crippen molar-refractivity contribution in [2.24, 2.45) is 0 Å². The Labute approximate surface area is 180 Å². The molecular formula is C20H17N7O3S. The third-order valence-corrected chi connectivity index (χ3v) is 4.95. The van der Waals surface area contributed by atoms with Crippen molar-refractivity contribution in [2.45, 2.75) is 13.8 Å². The van der Waals surface area contributed by atoms with Crippen molar-refractivity contribution in [1.29, 1.82) is 0 Å². The van der Waals surface area contributed by atoms with Gasteiger partial charge in [0.1, 0.15) is 5.82 Å². The molecule has 156 valence electrons. The molecule has 11 heteroatoms. The maximum atomic E-state index is 12.6. The van der Waals surface area contributed by atoms with Crippen LogP contribution in [0.3, 0.4) is 0 Å². The van der Waals surface area contributed by atoms with Gasteiger partial charge >= 0.3 is 0 Å². The monoisotopic (exact) mass is 435 g/mol. The van der Waals surface area contributed by atoms with Gasteiger partial charge in [-0.15, -0.1) is 16.4 Å². The molecule has 0 fully saturated rings. The van der Waals surface area contributed by atoms with Gasteiger partial charge in [-0.05, 0) is 24.3 Å². The molecule has 10 nitrogen and oxygen atoms in total. The Balaban J connectivity index is 1.54. The molecule has 0 radical (unpaired) electrons. The largest absolute Gasteiger partial charge is 0.326 e. The summed E-state index contributed by atoms with van der Waals surface area (Å²) in [5, 5.41) is 14.2. The van der Waals surface area contributed by atoms with Crippen LogP contribution in [0.5, 0.6) is 0 Å². The van der Waals surface area contributed by atoms with E-state index in [-0.39, 0.29) is 23.6 Å². The second-order valence-electron chi connectivity index (χ2n) is 6.57. The molecule has 0 aliphatic carbocycles. The van der Waals surface area contributed by atoms with Crippen LogP contribution >= 0.6 is 11.3 Å². The second-order valence-corrected chi connectivity index (χ2v) is 7.41. The van der Waals surface area contributed by atoms with Crippen molar-refractivity contribution in [1.82, 2.24) is 19.6 Å². The number of pyridine rings is 1. The average Bonchev–Trinajstić information content (AvgIpc) is 3.28. The molecule has 31 heavy (non-hydrogen) atoms. The third-order valence-electron chi connectivity index (χ3n) is 4.13. The Bertz CT molecular complexity index is 1290. The zero-order valence-electron chi connectivity index (χ0n) is 16.5. The van der Waals surface area contributed by atoms with Crippen LogP contribution in [0.4, 0.5) is 17.5 Å². The topological polar surface area (TPSA) is 130 Å². The lowest BCUT2D eigenvalue weighted by molar-refractivity contribution is -0.115. The molecule has 3 heterocycles. The van der Waals surface area contributed by atoms with E-state index in [1.165, 1.54) is 43.5 Å². The maximum Gasteiger partial charge on any atom is 0.258 e. The number of aromatic nitrogens is 4. The first-order valence-electron chi connectivity index (χ1n) is 9.16. The fourth-order valence-electron chi connectivity index (χ4n) is 2.85. The number of amides is 3. The number of carbonyl (C=O) groups is 3. The van der Waals surface area contributed by atoms with E-state index in [4.69, 9.17) is 0 Å². The molecule has 0 saturated carbocycles. The van der Waals surface area contributed by atoms with E-state index in [0.29, 0.717) is 16.2 Å². The van der Waals surface area contributed by atoms with E-state index in [2.05, 4.69) is 31.0 Å². The first kappa shape index (κ1) is 20.2. The van der Waals surface area contributed by atoms with E-state index in [0.717, 1.165) is 11.3 Å².